The number of hydrogen-bond acceptors (Lipinski definition) is 2. The Morgan fingerprint density at radius 2 is 1.89 bits per heavy atom. The number of halogens is 1. The molecule has 0 aliphatic carbocycles. The second kappa shape index (κ2) is 5.05. The Morgan fingerprint density at radius 3 is 2.68 bits per heavy atom. The van der Waals surface area contributed by atoms with Gasteiger partial charge in [-0.2, -0.15) is 0 Å². The molecule has 0 N–H and O–H groups in total. The molecule has 0 unspecified atom stereocenters. The van der Waals surface area contributed by atoms with E-state index in [1.807, 2.05) is 42.5 Å². The Balaban J connectivity index is 1.93. The molecule has 0 radical (unpaired) electrons. The normalized spacial score (nSPS) is 10.8. The van der Waals surface area contributed by atoms with Gasteiger partial charge in [0.1, 0.15) is 17.0 Å². The van der Waals surface area contributed by atoms with Crippen LogP contribution in [0.25, 0.3) is 5.52 Å². The minimum atomic E-state index is 0.446. The van der Waals surface area contributed by atoms with E-state index in [0.717, 1.165) is 27.4 Å². The summed E-state index contributed by atoms with van der Waals surface area (Å²) in [4.78, 5) is 4.52. The smallest absolute Gasteiger partial charge is 0.152 e. The van der Waals surface area contributed by atoms with Gasteiger partial charge in [0.15, 0.2) is 5.82 Å². The van der Waals surface area contributed by atoms with E-state index in [-0.39, 0.29) is 0 Å². The molecular formula is C15H13BrN2O. The molecule has 4 heteroatoms. The van der Waals surface area contributed by atoms with Crippen LogP contribution in [0, 0.1) is 6.92 Å². The fraction of sp³-hybridized carbons (Fsp3) is 0.133. The summed E-state index contributed by atoms with van der Waals surface area (Å²) in [6.07, 6.45) is 0. The first-order valence-electron chi connectivity index (χ1n) is 6.06. The van der Waals surface area contributed by atoms with E-state index in [2.05, 4.69) is 38.3 Å². The first kappa shape index (κ1) is 12.2. The number of imidazole rings is 1. The molecule has 0 amide bonds. The van der Waals surface area contributed by atoms with Gasteiger partial charge in [0.2, 0.25) is 0 Å². The van der Waals surface area contributed by atoms with E-state index in [0.29, 0.717) is 6.61 Å². The van der Waals surface area contributed by atoms with Crippen molar-refractivity contribution < 1.29 is 4.74 Å². The summed E-state index contributed by atoms with van der Waals surface area (Å²) in [6.45, 7) is 2.51. The number of aryl methyl sites for hydroxylation is 1. The molecule has 0 saturated carbocycles. The van der Waals surface area contributed by atoms with E-state index in [1.165, 1.54) is 0 Å². The zero-order valence-corrected chi connectivity index (χ0v) is 12.1. The van der Waals surface area contributed by atoms with E-state index in [9.17, 15) is 0 Å². The molecule has 0 atom stereocenters. The van der Waals surface area contributed by atoms with E-state index in [4.69, 9.17) is 4.74 Å². The molecule has 3 rings (SSSR count). The summed E-state index contributed by atoms with van der Waals surface area (Å²) in [7, 11) is 0. The van der Waals surface area contributed by atoms with Crippen molar-refractivity contribution >= 4 is 21.4 Å². The quantitative estimate of drug-likeness (QED) is 0.730. The Hall–Kier alpha value is -1.81. The molecule has 0 aliphatic rings. The standard InChI is InChI=1S/C15H13BrN2O/c1-11-6-5-9-13-15(16)17-14(18(11)13)10-19-12-7-3-2-4-8-12/h2-9H,10H2,1H3. The zero-order chi connectivity index (χ0) is 13.2. The van der Waals surface area contributed by atoms with Crippen LogP contribution < -0.4 is 4.74 Å². The molecule has 0 fully saturated rings. The third kappa shape index (κ3) is 2.36. The van der Waals surface area contributed by atoms with Crippen molar-refractivity contribution in [1.82, 2.24) is 9.38 Å². The lowest BCUT2D eigenvalue weighted by atomic mass is 10.3. The number of rotatable bonds is 3. The van der Waals surface area contributed by atoms with Crippen molar-refractivity contribution in [3.05, 3.63) is 64.7 Å². The number of benzene rings is 1. The molecule has 96 valence electrons. The molecule has 19 heavy (non-hydrogen) atoms. The maximum Gasteiger partial charge on any atom is 0.152 e. The summed E-state index contributed by atoms with van der Waals surface area (Å²) in [5.74, 6) is 1.74. The van der Waals surface area contributed by atoms with Gasteiger partial charge in [-0.3, -0.25) is 4.40 Å². The van der Waals surface area contributed by atoms with Crippen molar-refractivity contribution in [3.8, 4) is 5.75 Å². The minimum absolute atomic E-state index is 0.446. The predicted octanol–water partition coefficient (Wildman–Crippen LogP) is 3.98. The highest BCUT2D eigenvalue weighted by atomic mass is 79.9. The summed E-state index contributed by atoms with van der Waals surface area (Å²) < 4.78 is 8.72. The molecular weight excluding hydrogens is 304 g/mol. The first-order chi connectivity index (χ1) is 9.25. The van der Waals surface area contributed by atoms with Gasteiger partial charge >= 0.3 is 0 Å². The van der Waals surface area contributed by atoms with Gasteiger partial charge in [-0.1, -0.05) is 24.3 Å². The number of hydrogen-bond donors (Lipinski definition) is 0. The Bertz CT molecular complexity index is 707. The van der Waals surface area contributed by atoms with Gasteiger partial charge in [0, 0.05) is 5.69 Å². The molecule has 3 nitrogen and oxygen atoms in total. The maximum atomic E-state index is 5.76. The van der Waals surface area contributed by atoms with Crippen LogP contribution in [0.2, 0.25) is 0 Å². The molecule has 1 aromatic carbocycles. The van der Waals surface area contributed by atoms with Gasteiger partial charge in [0.25, 0.3) is 0 Å². The molecule has 2 heterocycles. The molecule has 0 spiro atoms. The van der Waals surface area contributed by atoms with Crippen molar-refractivity contribution in [2.45, 2.75) is 13.5 Å². The molecule has 0 aliphatic heterocycles. The number of para-hydroxylation sites is 1. The van der Waals surface area contributed by atoms with E-state index >= 15 is 0 Å². The highest BCUT2D eigenvalue weighted by Gasteiger charge is 2.10. The average molecular weight is 317 g/mol. The predicted molar refractivity (Wildman–Crippen MR) is 78.4 cm³/mol. The van der Waals surface area contributed by atoms with Gasteiger partial charge < -0.3 is 4.74 Å². The molecule has 0 bridgehead atoms. The van der Waals surface area contributed by atoms with Crippen LogP contribution >= 0.6 is 15.9 Å². The van der Waals surface area contributed by atoms with Crippen molar-refractivity contribution in [1.29, 1.82) is 0 Å². The van der Waals surface area contributed by atoms with Crippen LogP contribution in [0.3, 0.4) is 0 Å². The Kier molecular flexibility index (Phi) is 3.25. The average Bonchev–Trinajstić information content (AvgIpc) is 2.76. The van der Waals surface area contributed by atoms with E-state index in [1.54, 1.807) is 0 Å². The van der Waals surface area contributed by atoms with E-state index < -0.39 is 0 Å². The van der Waals surface area contributed by atoms with Gasteiger partial charge in [-0.25, -0.2) is 4.98 Å². The molecule has 0 saturated heterocycles. The number of fused-ring (bicyclic) bond motifs is 1. The van der Waals surface area contributed by atoms with Crippen LogP contribution in [0.5, 0.6) is 5.75 Å². The number of aromatic nitrogens is 2. The van der Waals surface area contributed by atoms with Crippen LogP contribution in [0.1, 0.15) is 11.5 Å². The molecule has 2 aromatic heterocycles. The second-order valence-electron chi connectivity index (χ2n) is 4.31. The lowest BCUT2D eigenvalue weighted by Crippen LogP contribution is -2.03. The number of ether oxygens (including phenoxy) is 1. The van der Waals surface area contributed by atoms with Crippen LogP contribution in [-0.2, 0) is 6.61 Å². The minimum Gasteiger partial charge on any atom is -0.486 e. The number of pyridine rings is 1. The van der Waals surface area contributed by atoms with Crippen molar-refractivity contribution in [2.75, 3.05) is 0 Å². The summed E-state index contributed by atoms with van der Waals surface area (Å²) >= 11 is 3.49. The lowest BCUT2D eigenvalue weighted by Gasteiger charge is -2.07. The first-order valence-corrected chi connectivity index (χ1v) is 6.85. The topological polar surface area (TPSA) is 26.5 Å². The van der Waals surface area contributed by atoms with Gasteiger partial charge in [-0.15, -0.1) is 0 Å². The maximum absolute atomic E-state index is 5.76. The third-order valence-corrected chi connectivity index (χ3v) is 3.58. The second-order valence-corrected chi connectivity index (χ2v) is 5.06. The summed E-state index contributed by atoms with van der Waals surface area (Å²) in [5, 5.41) is 0. The SMILES string of the molecule is Cc1cccc2c(Br)nc(COc3ccccc3)n12. The van der Waals surface area contributed by atoms with Gasteiger partial charge in [-0.05, 0) is 47.1 Å². The fourth-order valence-electron chi connectivity index (χ4n) is 2.10. The zero-order valence-electron chi connectivity index (χ0n) is 10.5. The Labute approximate surface area is 120 Å². The summed E-state index contributed by atoms with van der Waals surface area (Å²) in [5.41, 5.74) is 2.20. The highest BCUT2D eigenvalue weighted by molar-refractivity contribution is 9.10. The third-order valence-electron chi connectivity index (χ3n) is 2.99. The van der Waals surface area contributed by atoms with Crippen LogP contribution in [-0.4, -0.2) is 9.38 Å². The molecule has 3 aromatic rings. The van der Waals surface area contributed by atoms with Crippen LogP contribution in [0.4, 0.5) is 0 Å². The Morgan fingerprint density at radius 1 is 1.11 bits per heavy atom. The van der Waals surface area contributed by atoms with Crippen LogP contribution in [0.15, 0.2) is 53.1 Å². The number of nitrogens with zero attached hydrogens (tertiary/aromatic N) is 2. The summed E-state index contributed by atoms with van der Waals surface area (Å²) in [6, 6.07) is 15.9. The lowest BCUT2D eigenvalue weighted by molar-refractivity contribution is 0.295. The monoisotopic (exact) mass is 316 g/mol. The fourth-order valence-corrected chi connectivity index (χ4v) is 2.62. The van der Waals surface area contributed by atoms with Crippen molar-refractivity contribution in [2.24, 2.45) is 0 Å². The highest BCUT2D eigenvalue weighted by Crippen LogP contribution is 2.21. The van der Waals surface area contributed by atoms with Gasteiger partial charge in [0.05, 0.1) is 5.52 Å². The van der Waals surface area contributed by atoms with Crippen molar-refractivity contribution in [3.63, 3.8) is 0 Å². The largest absolute Gasteiger partial charge is 0.486 e.